The van der Waals surface area contributed by atoms with E-state index in [1.54, 1.807) is 28.8 Å². The Morgan fingerprint density at radius 1 is 1.10 bits per heavy atom. The van der Waals surface area contributed by atoms with Crippen LogP contribution in [0.25, 0.3) is 12.2 Å². The summed E-state index contributed by atoms with van der Waals surface area (Å²) in [5.74, 6) is -0.384. The molecule has 0 aliphatic heterocycles. The van der Waals surface area contributed by atoms with E-state index in [-0.39, 0.29) is 16.6 Å². The molecular weight excluding hydrogens is 489 g/mol. The number of benzene rings is 2. The normalized spacial score (nSPS) is 11.1. The first-order chi connectivity index (χ1) is 14.4. The third-order valence-corrected chi connectivity index (χ3v) is 5.66. The molecule has 0 saturated carbocycles. The second kappa shape index (κ2) is 10.1. The number of rotatable bonds is 6. The molecular formula is C23H18BrCl2NO3. The molecule has 0 saturated heterocycles. The maximum Gasteiger partial charge on any atom is 0.337 e. The van der Waals surface area contributed by atoms with E-state index in [1.165, 1.54) is 7.11 Å². The fourth-order valence-electron chi connectivity index (χ4n) is 2.96. The number of hydrogen-bond donors (Lipinski definition) is 0. The molecule has 2 aromatic carbocycles. The van der Waals surface area contributed by atoms with Gasteiger partial charge in [-0.05, 0) is 69.9 Å². The van der Waals surface area contributed by atoms with E-state index in [9.17, 15) is 9.59 Å². The third kappa shape index (κ3) is 5.42. The Kier molecular flexibility index (Phi) is 7.53. The van der Waals surface area contributed by atoms with Gasteiger partial charge in [-0.25, -0.2) is 4.79 Å². The molecule has 0 spiro atoms. The first-order valence-electron chi connectivity index (χ1n) is 9.09. The number of carbonyl (C=O) groups excluding carboxylic acids is 1. The highest BCUT2D eigenvalue weighted by Crippen LogP contribution is 2.22. The van der Waals surface area contributed by atoms with Crippen molar-refractivity contribution in [2.45, 2.75) is 13.0 Å². The van der Waals surface area contributed by atoms with Crippen LogP contribution in [0.1, 0.15) is 27.2 Å². The van der Waals surface area contributed by atoms with E-state index < -0.39 is 0 Å². The maximum absolute atomic E-state index is 12.7. The molecule has 0 aliphatic carbocycles. The van der Waals surface area contributed by atoms with Gasteiger partial charge in [-0.1, -0.05) is 53.5 Å². The van der Waals surface area contributed by atoms with Crippen molar-refractivity contribution in [2.24, 2.45) is 0 Å². The maximum atomic E-state index is 12.7. The van der Waals surface area contributed by atoms with Gasteiger partial charge in [0.05, 0.1) is 18.4 Å². The van der Waals surface area contributed by atoms with Gasteiger partial charge in [-0.3, -0.25) is 4.79 Å². The van der Waals surface area contributed by atoms with E-state index in [2.05, 4.69) is 15.9 Å². The summed E-state index contributed by atoms with van der Waals surface area (Å²) in [6.07, 6.45) is 4.33. The van der Waals surface area contributed by atoms with Crippen LogP contribution in [0.2, 0.25) is 10.0 Å². The van der Waals surface area contributed by atoms with E-state index in [1.807, 2.05) is 42.5 Å². The first kappa shape index (κ1) is 22.3. The summed E-state index contributed by atoms with van der Waals surface area (Å²) in [6, 6.07) is 16.1. The predicted octanol–water partition coefficient (Wildman–Crippen LogP) is 6.12. The fourth-order valence-corrected chi connectivity index (χ4v) is 4.07. The van der Waals surface area contributed by atoms with Gasteiger partial charge in [-0.15, -0.1) is 0 Å². The summed E-state index contributed by atoms with van der Waals surface area (Å²) in [7, 11) is 1.35. The molecule has 4 nitrogen and oxygen atoms in total. The van der Waals surface area contributed by atoms with Crippen molar-refractivity contribution >= 4 is 57.3 Å². The molecule has 1 heterocycles. The van der Waals surface area contributed by atoms with Crippen molar-refractivity contribution in [1.29, 1.82) is 0 Å². The van der Waals surface area contributed by atoms with Gasteiger partial charge in [-0.2, -0.15) is 0 Å². The lowest BCUT2D eigenvalue weighted by Gasteiger charge is -2.13. The molecule has 154 valence electrons. The number of esters is 1. The smallest absolute Gasteiger partial charge is 0.337 e. The summed E-state index contributed by atoms with van der Waals surface area (Å²) < 4.78 is 7.05. The number of ether oxygens (including phenoxy) is 1. The van der Waals surface area contributed by atoms with Crippen LogP contribution in [0.4, 0.5) is 0 Å². The molecule has 0 bridgehead atoms. The zero-order valence-corrected chi connectivity index (χ0v) is 19.2. The predicted molar refractivity (Wildman–Crippen MR) is 125 cm³/mol. The lowest BCUT2D eigenvalue weighted by Crippen LogP contribution is -2.24. The molecule has 3 aromatic rings. The summed E-state index contributed by atoms with van der Waals surface area (Å²) in [4.78, 5) is 24.3. The van der Waals surface area contributed by atoms with Crippen molar-refractivity contribution in [3.63, 3.8) is 0 Å². The number of halogens is 3. The molecule has 0 unspecified atom stereocenters. The van der Waals surface area contributed by atoms with E-state index in [0.717, 1.165) is 11.1 Å². The minimum atomic E-state index is -0.384. The molecule has 3 rings (SSSR count). The van der Waals surface area contributed by atoms with Gasteiger partial charge in [0.1, 0.15) is 5.02 Å². The largest absolute Gasteiger partial charge is 0.465 e. The van der Waals surface area contributed by atoms with Crippen LogP contribution in [0, 0.1) is 0 Å². The minimum absolute atomic E-state index is 0.141. The number of pyridine rings is 1. The SMILES string of the molecule is COC(=O)c1ccc(CCn2c(C=Cc3cccc(Cl)c3)c(Br)cc(Cl)c2=O)cc1. The van der Waals surface area contributed by atoms with E-state index >= 15 is 0 Å². The Labute approximate surface area is 192 Å². The average Bonchev–Trinajstić information content (AvgIpc) is 2.74. The van der Waals surface area contributed by atoms with Crippen LogP contribution in [0.3, 0.4) is 0 Å². The summed E-state index contributed by atoms with van der Waals surface area (Å²) >= 11 is 15.7. The summed E-state index contributed by atoms with van der Waals surface area (Å²) in [6.45, 7) is 0.421. The fraction of sp³-hybridized carbons (Fsp3) is 0.130. The zero-order valence-electron chi connectivity index (χ0n) is 16.1. The number of nitrogens with zero attached hydrogens (tertiary/aromatic N) is 1. The first-order valence-corrected chi connectivity index (χ1v) is 10.6. The van der Waals surface area contributed by atoms with E-state index in [4.69, 9.17) is 27.9 Å². The molecule has 1 aromatic heterocycles. The van der Waals surface area contributed by atoms with Gasteiger partial charge in [0.15, 0.2) is 0 Å². The highest BCUT2D eigenvalue weighted by Gasteiger charge is 2.11. The third-order valence-electron chi connectivity index (χ3n) is 4.52. The molecule has 0 radical (unpaired) electrons. The zero-order chi connectivity index (χ0) is 21.7. The van der Waals surface area contributed by atoms with Crippen molar-refractivity contribution in [1.82, 2.24) is 4.57 Å². The Balaban J connectivity index is 1.88. The second-order valence-electron chi connectivity index (χ2n) is 6.51. The van der Waals surface area contributed by atoms with Crippen LogP contribution >= 0.6 is 39.1 Å². The van der Waals surface area contributed by atoms with Gasteiger partial charge >= 0.3 is 5.97 Å². The lowest BCUT2D eigenvalue weighted by atomic mass is 10.1. The van der Waals surface area contributed by atoms with Gasteiger partial charge in [0, 0.05) is 16.0 Å². The van der Waals surface area contributed by atoms with Crippen molar-refractivity contribution in [3.8, 4) is 0 Å². The van der Waals surface area contributed by atoms with Gasteiger partial charge in [0.25, 0.3) is 5.56 Å². The van der Waals surface area contributed by atoms with Crippen LogP contribution in [0.5, 0.6) is 0 Å². The number of methoxy groups -OCH3 is 1. The Hall–Kier alpha value is -2.34. The molecule has 0 amide bonds. The van der Waals surface area contributed by atoms with Crippen LogP contribution < -0.4 is 5.56 Å². The lowest BCUT2D eigenvalue weighted by molar-refractivity contribution is 0.0600. The van der Waals surface area contributed by atoms with Crippen molar-refractivity contribution in [2.75, 3.05) is 7.11 Å². The molecule has 7 heteroatoms. The Morgan fingerprint density at radius 3 is 2.50 bits per heavy atom. The average molecular weight is 507 g/mol. The summed E-state index contributed by atoms with van der Waals surface area (Å²) in [5.41, 5.74) is 2.82. The molecule has 0 fully saturated rings. The Morgan fingerprint density at radius 2 is 1.83 bits per heavy atom. The number of carbonyl (C=O) groups is 1. The van der Waals surface area contributed by atoms with Crippen LogP contribution in [-0.2, 0) is 17.7 Å². The number of aromatic nitrogens is 1. The Bertz CT molecular complexity index is 1150. The van der Waals surface area contributed by atoms with Crippen LogP contribution in [0.15, 0.2) is 63.9 Å². The molecule has 0 atom stereocenters. The minimum Gasteiger partial charge on any atom is -0.465 e. The number of aryl methyl sites for hydroxylation is 1. The van der Waals surface area contributed by atoms with Gasteiger partial charge < -0.3 is 9.30 Å². The molecule has 30 heavy (non-hydrogen) atoms. The molecule has 0 aliphatic rings. The topological polar surface area (TPSA) is 48.3 Å². The number of hydrogen-bond acceptors (Lipinski definition) is 3. The van der Waals surface area contributed by atoms with E-state index in [0.29, 0.717) is 33.7 Å². The molecule has 0 N–H and O–H groups in total. The quantitative estimate of drug-likeness (QED) is 0.378. The van der Waals surface area contributed by atoms with Crippen LogP contribution in [-0.4, -0.2) is 17.6 Å². The van der Waals surface area contributed by atoms with Crippen molar-refractivity contribution < 1.29 is 9.53 Å². The summed E-state index contributed by atoms with van der Waals surface area (Å²) in [5, 5.41) is 0.780. The highest BCUT2D eigenvalue weighted by molar-refractivity contribution is 9.10. The standard InChI is InChI=1S/C23H18BrCl2NO3/c1-30-23(29)17-8-5-15(6-9-17)11-12-27-21(19(24)14-20(26)22(27)28)10-7-16-3-2-4-18(25)13-16/h2-10,13-14H,11-12H2,1H3. The van der Waals surface area contributed by atoms with Gasteiger partial charge in [0.2, 0.25) is 0 Å². The monoisotopic (exact) mass is 505 g/mol. The second-order valence-corrected chi connectivity index (χ2v) is 8.21. The van der Waals surface area contributed by atoms with Crippen molar-refractivity contribution in [3.05, 3.63) is 102 Å². The highest BCUT2D eigenvalue weighted by atomic mass is 79.9.